The Bertz CT molecular complexity index is 545. The average Bonchev–Trinajstić information content (AvgIpc) is 3.11. The van der Waals surface area contributed by atoms with Gasteiger partial charge in [-0.2, -0.15) is 10.1 Å². The summed E-state index contributed by atoms with van der Waals surface area (Å²) in [5, 5.41) is 18.2. The highest BCUT2D eigenvalue weighted by atomic mass is 16.5. The van der Waals surface area contributed by atoms with Gasteiger partial charge >= 0.3 is 0 Å². The predicted molar refractivity (Wildman–Crippen MR) is 75.7 cm³/mol. The SMILES string of the molecule is Cc1nc(C2CCN(CC(O)Cn3cccn3)CC2)no1. The van der Waals surface area contributed by atoms with E-state index in [0.29, 0.717) is 24.9 Å². The molecule has 2 aromatic heterocycles. The second kappa shape index (κ2) is 6.36. The van der Waals surface area contributed by atoms with Crippen molar-refractivity contribution in [1.82, 2.24) is 24.8 Å². The van der Waals surface area contributed by atoms with E-state index in [2.05, 4.69) is 20.1 Å². The lowest BCUT2D eigenvalue weighted by molar-refractivity contribution is 0.0816. The number of β-amino-alcohol motifs (C(OH)–C–C–N with tert-alkyl or cyclic N) is 1. The number of piperidine rings is 1. The molecule has 3 rings (SSSR count). The molecule has 0 aliphatic carbocycles. The fraction of sp³-hybridized carbons (Fsp3) is 0.643. The zero-order valence-electron chi connectivity index (χ0n) is 12.2. The third kappa shape index (κ3) is 3.68. The summed E-state index contributed by atoms with van der Waals surface area (Å²) in [7, 11) is 0. The number of aromatic nitrogens is 4. The largest absolute Gasteiger partial charge is 0.390 e. The Labute approximate surface area is 123 Å². The van der Waals surface area contributed by atoms with Gasteiger partial charge in [-0.05, 0) is 32.0 Å². The maximum Gasteiger partial charge on any atom is 0.223 e. The van der Waals surface area contributed by atoms with Crippen LogP contribution in [0.1, 0.15) is 30.5 Å². The Morgan fingerprint density at radius 2 is 2.19 bits per heavy atom. The van der Waals surface area contributed by atoms with Crippen LogP contribution >= 0.6 is 0 Å². The number of aryl methyl sites for hydroxylation is 1. The topological polar surface area (TPSA) is 80.2 Å². The first-order chi connectivity index (χ1) is 10.2. The summed E-state index contributed by atoms with van der Waals surface area (Å²) in [6.45, 7) is 4.94. The molecule has 0 aromatic carbocycles. The van der Waals surface area contributed by atoms with Gasteiger partial charge in [-0.3, -0.25) is 4.68 Å². The number of rotatable bonds is 5. The van der Waals surface area contributed by atoms with E-state index >= 15 is 0 Å². The van der Waals surface area contributed by atoms with Crippen molar-refractivity contribution in [1.29, 1.82) is 0 Å². The van der Waals surface area contributed by atoms with E-state index in [9.17, 15) is 5.11 Å². The van der Waals surface area contributed by atoms with E-state index in [0.717, 1.165) is 31.8 Å². The molecule has 1 unspecified atom stereocenters. The van der Waals surface area contributed by atoms with Gasteiger partial charge in [0, 0.05) is 31.8 Å². The summed E-state index contributed by atoms with van der Waals surface area (Å²) < 4.78 is 6.81. The molecule has 1 N–H and O–H groups in total. The van der Waals surface area contributed by atoms with E-state index in [4.69, 9.17) is 4.52 Å². The van der Waals surface area contributed by atoms with Gasteiger partial charge in [0.2, 0.25) is 5.89 Å². The molecular formula is C14H21N5O2. The quantitative estimate of drug-likeness (QED) is 0.878. The second-order valence-corrected chi connectivity index (χ2v) is 5.63. The molecular weight excluding hydrogens is 270 g/mol. The molecule has 7 nitrogen and oxygen atoms in total. The van der Waals surface area contributed by atoms with Crippen molar-refractivity contribution in [3.8, 4) is 0 Å². The molecule has 1 fully saturated rings. The maximum atomic E-state index is 10.1. The first kappa shape index (κ1) is 14.2. The minimum absolute atomic E-state index is 0.377. The second-order valence-electron chi connectivity index (χ2n) is 5.63. The van der Waals surface area contributed by atoms with Crippen molar-refractivity contribution in [2.75, 3.05) is 19.6 Å². The Balaban J connectivity index is 1.45. The number of likely N-dealkylation sites (tertiary alicyclic amines) is 1. The summed E-state index contributed by atoms with van der Waals surface area (Å²) >= 11 is 0. The van der Waals surface area contributed by atoms with Crippen LogP contribution in [0.15, 0.2) is 23.0 Å². The zero-order valence-corrected chi connectivity index (χ0v) is 12.2. The van der Waals surface area contributed by atoms with Crippen molar-refractivity contribution in [3.05, 3.63) is 30.2 Å². The molecule has 7 heteroatoms. The Hall–Kier alpha value is -1.73. The van der Waals surface area contributed by atoms with E-state index < -0.39 is 6.10 Å². The minimum atomic E-state index is -0.395. The predicted octanol–water partition coefficient (Wildman–Crippen LogP) is 0.815. The molecule has 3 heterocycles. The van der Waals surface area contributed by atoms with Gasteiger partial charge in [0.15, 0.2) is 5.82 Å². The van der Waals surface area contributed by atoms with Gasteiger partial charge in [0.25, 0.3) is 0 Å². The molecule has 1 aliphatic rings. The first-order valence-electron chi connectivity index (χ1n) is 7.39. The van der Waals surface area contributed by atoms with Crippen molar-refractivity contribution in [2.24, 2.45) is 0 Å². The number of hydrogen-bond acceptors (Lipinski definition) is 6. The van der Waals surface area contributed by atoms with Crippen LogP contribution in [-0.2, 0) is 6.54 Å². The molecule has 1 atom stereocenters. The molecule has 21 heavy (non-hydrogen) atoms. The van der Waals surface area contributed by atoms with Gasteiger partial charge < -0.3 is 14.5 Å². The number of hydrogen-bond donors (Lipinski definition) is 1. The number of nitrogens with zero attached hydrogens (tertiary/aromatic N) is 5. The lowest BCUT2D eigenvalue weighted by atomic mass is 9.96. The van der Waals surface area contributed by atoms with E-state index in [1.807, 2.05) is 19.2 Å². The van der Waals surface area contributed by atoms with Crippen LogP contribution in [0.25, 0.3) is 0 Å². The highest BCUT2D eigenvalue weighted by Gasteiger charge is 2.25. The molecule has 0 saturated carbocycles. The third-order valence-corrected chi connectivity index (χ3v) is 3.92. The highest BCUT2D eigenvalue weighted by molar-refractivity contribution is 4.97. The number of aliphatic hydroxyl groups is 1. The lowest BCUT2D eigenvalue weighted by Gasteiger charge is -2.31. The Kier molecular flexibility index (Phi) is 4.31. The normalized spacial score (nSPS) is 19.0. The lowest BCUT2D eigenvalue weighted by Crippen LogP contribution is -2.39. The summed E-state index contributed by atoms with van der Waals surface area (Å²) in [5.41, 5.74) is 0. The van der Waals surface area contributed by atoms with E-state index in [-0.39, 0.29) is 0 Å². The summed E-state index contributed by atoms with van der Waals surface area (Å²) in [6, 6.07) is 1.87. The molecule has 0 radical (unpaired) electrons. The molecule has 2 aromatic rings. The van der Waals surface area contributed by atoms with Crippen molar-refractivity contribution in [2.45, 2.75) is 38.3 Å². The fourth-order valence-electron chi connectivity index (χ4n) is 2.83. The Morgan fingerprint density at radius 3 is 2.81 bits per heavy atom. The molecule has 114 valence electrons. The Morgan fingerprint density at radius 1 is 1.38 bits per heavy atom. The van der Waals surface area contributed by atoms with E-state index in [1.165, 1.54) is 0 Å². The highest BCUT2D eigenvalue weighted by Crippen LogP contribution is 2.25. The van der Waals surface area contributed by atoms with Gasteiger partial charge in [-0.15, -0.1) is 0 Å². The van der Waals surface area contributed by atoms with Crippen molar-refractivity contribution >= 4 is 0 Å². The standard InChI is InChI=1S/C14H21N5O2/c1-11-16-14(17-21-11)12-3-7-18(8-4-12)9-13(20)10-19-6-2-5-15-19/h2,5-6,12-13,20H,3-4,7-10H2,1H3. The molecule has 0 spiro atoms. The molecule has 0 bridgehead atoms. The van der Waals surface area contributed by atoms with Gasteiger partial charge in [0.05, 0.1) is 12.6 Å². The summed E-state index contributed by atoms with van der Waals surface area (Å²) in [5.74, 6) is 1.83. The van der Waals surface area contributed by atoms with Gasteiger partial charge in [-0.1, -0.05) is 5.16 Å². The van der Waals surface area contributed by atoms with Crippen molar-refractivity contribution in [3.63, 3.8) is 0 Å². The van der Waals surface area contributed by atoms with Gasteiger partial charge in [0.1, 0.15) is 0 Å². The van der Waals surface area contributed by atoms with Crippen LogP contribution in [0.4, 0.5) is 0 Å². The molecule has 1 saturated heterocycles. The first-order valence-corrected chi connectivity index (χ1v) is 7.39. The van der Waals surface area contributed by atoms with Crippen molar-refractivity contribution < 1.29 is 9.63 Å². The van der Waals surface area contributed by atoms with Crippen LogP contribution in [0, 0.1) is 6.92 Å². The molecule has 1 aliphatic heterocycles. The van der Waals surface area contributed by atoms with Gasteiger partial charge in [-0.25, -0.2) is 0 Å². The van der Waals surface area contributed by atoms with Crippen LogP contribution < -0.4 is 0 Å². The van der Waals surface area contributed by atoms with Crippen LogP contribution in [-0.4, -0.2) is 55.7 Å². The monoisotopic (exact) mass is 291 g/mol. The summed E-state index contributed by atoms with van der Waals surface area (Å²) in [4.78, 5) is 6.60. The average molecular weight is 291 g/mol. The third-order valence-electron chi connectivity index (χ3n) is 3.92. The van der Waals surface area contributed by atoms with E-state index in [1.54, 1.807) is 10.9 Å². The summed E-state index contributed by atoms with van der Waals surface area (Å²) in [6.07, 6.45) is 5.22. The number of aliphatic hydroxyl groups excluding tert-OH is 1. The molecule has 0 amide bonds. The van der Waals surface area contributed by atoms with Crippen LogP contribution in [0.3, 0.4) is 0 Å². The smallest absolute Gasteiger partial charge is 0.223 e. The zero-order chi connectivity index (χ0) is 14.7. The van der Waals surface area contributed by atoms with Crippen LogP contribution in [0.5, 0.6) is 0 Å². The fourth-order valence-corrected chi connectivity index (χ4v) is 2.83. The maximum absolute atomic E-state index is 10.1. The van der Waals surface area contributed by atoms with Crippen LogP contribution in [0.2, 0.25) is 0 Å². The minimum Gasteiger partial charge on any atom is -0.390 e.